The number of ether oxygens (including phenoxy) is 1. The molecular weight excluding hydrogens is 276 g/mol. The van der Waals surface area contributed by atoms with Crippen molar-refractivity contribution < 1.29 is 9.53 Å². The van der Waals surface area contributed by atoms with E-state index in [0.717, 1.165) is 51.8 Å². The first-order chi connectivity index (χ1) is 10.7. The van der Waals surface area contributed by atoms with Crippen molar-refractivity contribution in [3.8, 4) is 0 Å². The number of hydrogen-bond acceptors (Lipinski definition) is 3. The molecule has 0 aromatic carbocycles. The minimum Gasteiger partial charge on any atom is -0.378 e. The van der Waals surface area contributed by atoms with Gasteiger partial charge in [0.05, 0.1) is 6.10 Å². The third-order valence-corrected chi connectivity index (χ3v) is 5.62. The molecule has 3 heterocycles. The summed E-state index contributed by atoms with van der Waals surface area (Å²) in [7, 11) is 0. The molecule has 3 fully saturated rings. The van der Waals surface area contributed by atoms with Crippen molar-refractivity contribution in [1.29, 1.82) is 0 Å². The molecule has 2 bridgehead atoms. The Bertz CT molecular complexity index is 362. The lowest BCUT2D eigenvalue weighted by Gasteiger charge is -2.30. The Kier molecular flexibility index (Phi) is 5.75. The molecule has 3 rings (SSSR count). The van der Waals surface area contributed by atoms with Gasteiger partial charge in [-0.1, -0.05) is 6.92 Å². The van der Waals surface area contributed by atoms with Crippen molar-refractivity contribution >= 4 is 5.91 Å². The van der Waals surface area contributed by atoms with Gasteiger partial charge in [-0.25, -0.2) is 0 Å². The van der Waals surface area contributed by atoms with E-state index in [1.54, 1.807) is 0 Å². The second-order valence-electron chi connectivity index (χ2n) is 7.48. The maximum Gasteiger partial charge on any atom is 0.222 e. The van der Waals surface area contributed by atoms with Gasteiger partial charge in [0.15, 0.2) is 0 Å². The summed E-state index contributed by atoms with van der Waals surface area (Å²) < 4.78 is 5.88. The first-order valence-corrected chi connectivity index (χ1v) is 9.40. The number of amides is 1. The van der Waals surface area contributed by atoms with E-state index in [1.807, 2.05) is 0 Å². The van der Waals surface area contributed by atoms with E-state index < -0.39 is 0 Å². The number of hydrogen-bond donors (Lipinski definition) is 1. The molecule has 3 aliphatic heterocycles. The van der Waals surface area contributed by atoms with Crippen molar-refractivity contribution in [3.63, 3.8) is 0 Å². The van der Waals surface area contributed by atoms with Crippen LogP contribution in [-0.2, 0) is 9.53 Å². The summed E-state index contributed by atoms with van der Waals surface area (Å²) in [5, 5.41) is 3.67. The topological polar surface area (TPSA) is 41.6 Å². The molecular formula is C18H32N2O2. The van der Waals surface area contributed by atoms with Crippen LogP contribution in [-0.4, -0.2) is 48.7 Å². The van der Waals surface area contributed by atoms with E-state index in [-0.39, 0.29) is 0 Å². The van der Waals surface area contributed by atoms with Crippen LogP contribution in [0.3, 0.4) is 0 Å². The SMILES string of the molecule is CCCOC1CCCN(C(=O)CC2CC3CCC(C2)N3)CC1. The number of likely N-dealkylation sites (tertiary alicyclic amines) is 1. The Hall–Kier alpha value is -0.610. The molecule has 126 valence electrons. The third kappa shape index (κ3) is 4.23. The second kappa shape index (κ2) is 7.78. The fraction of sp³-hybridized carbons (Fsp3) is 0.944. The highest BCUT2D eigenvalue weighted by atomic mass is 16.5. The summed E-state index contributed by atoms with van der Waals surface area (Å²) in [5.74, 6) is 1.00. The second-order valence-corrected chi connectivity index (χ2v) is 7.48. The third-order valence-electron chi connectivity index (χ3n) is 5.62. The van der Waals surface area contributed by atoms with Gasteiger partial charge in [0.25, 0.3) is 0 Å². The van der Waals surface area contributed by atoms with Gasteiger partial charge in [0.2, 0.25) is 5.91 Å². The van der Waals surface area contributed by atoms with Crippen molar-refractivity contribution in [1.82, 2.24) is 10.2 Å². The summed E-state index contributed by atoms with van der Waals surface area (Å²) >= 11 is 0. The Balaban J connectivity index is 1.44. The summed E-state index contributed by atoms with van der Waals surface area (Å²) in [4.78, 5) is 14.7. The number of rotatable bonds is 5. The molecule has 3 aliphatic rings. The largest absolute Gasteiger partial charge is 0.378 e. The summed E-state index contributed by atoms with van der Waals surface area (Å²) in [6.07, 6.45) is 10.5. The molecule has 22 heavy (non-hydrogen) atoms. The molecule has 3 unspecified atom stereocenters. The number of carbonyl (C=O) groups is 1. The molecule has 0 aromatic heterocycles. The Labute approximate surface area is 135 Å². The standard InChI is InChI=1S/C18H32N2O2/c1-2-10-22-17-4-3-8-20(9-7-17)18(21)13-14-11-15-5-6-16(12-14)19-15/h14-17,19H,2-13H2,1H3. The Morgan fingerprint density at radius 2 is 1.91 bits per heavy atom. The first kappa shape index (κ1) is 16.3. The van der Waals surface area contributed by atoms with Gasteiger partial charge in [0, 0.05) is 38.2 Å². The van der Waals surface area contributed by atoms with Crippen LogP contribution in [0.2, 0.25) is 0 Å². The Morgan fingerprint density at radius 3 is 2.64 bits per heavy atom. The zero-order valence-corrected chi connectivity index (χ0v) is 14.1. The lowest BCUT2D eigenvalue weighted by molar-refractivity contribution is -0.132. The molecule has 0 saturated carbocycles. The van der Waals surface area contributed by atoms with Crippen LogP contribution in [0.15, 0.2) is 0 Å². The molecule has 0 aliphatic carbocycles. The zero-order valence-electron chi connectivity index (χ0n) is 14.1. The van der Waals surface area contributed by atoms with Crippen molar-refractivity contribution in [2.75, 3.05) is 19.7 Å². The predicted molar refractivity (Wildman–Crippen MR) is 87.7 cm³/mol. The number of nitrogens with zero attached hydrogens (tertiary/aromatic N) is 1. The van der Waals surface area contributed by atoms with E-state index in [2.05, 4.69) is 17.1 Å². The van der Waals surface area contributed by atoms with Gasteiger partial charge in [0.1, 0.15) is 0 Å². The maximum absolute atomic E-state index is 12.6. The van der Waals surface area contributed by atoms with Crippen molar-refractivity contribution in [2.45, 2.75) is 82.9 Å². The van der Waals surface area contributed by atoms with Crippen LogP contribution in [0.4, 0.5) is 0 Å². The fourth-order valence-corrected chi connectivity index (χ4v) is 4.48. The van der Waals surface area contributed by atoms with Gasteiger partial charge in [-0.05, 0) is 57.3 Å². The van der Waals surface area contributed by atoms with E-state index in [4.69, 9.17) is 4.74 Å². The quantitative estimate of drug-likeness (QED) is 0.849. The summed E-state index contributed by atoms with van der Waals surface area (Å²) in [5.41, 5.74) is 0. The highest BCUT2D eigenvalue weighted by Gasteiger charge is 2.35. The molecule has 1 N–H and O–H groups in total. The summed E-state index contributed by atoms with van der Waals surface area (Å²) in [6.45, 7) is 4.84. The minimum absolute atomic E-state index is 0.368. The first-order valence-electron chi connectivity index (χ1n) is 9.40. The average molecular weight is 308 g/mol. The summed E-state index contributed by atoms with van der Waals surface area (Å²) in [6, 6.07) is 1.38. The number of fused-ring (bicyclic) bond motifs is 2. The van der Waals surface area contributed by atoms with Crippen LogP contribution in [0.1, 0.15) is 64.7 Å². The van der Waals surface area contributed by atoms with Crippen LogP contribution < -0.4 is 5.32 Å². The predicted octanol–water partition coefficient (Wildman–Crippen LogP) is 2.71. The molecule has 4 heteroatoms. The number of nitrogens with one attached hydrogen (secondary N) is 1. The monoisotopic (exact) mass is 308 g/mol. The maximum atomic E-state index is 12.6. The highest BCUT2D eigenvalue weighted by Crippen LogP contribution is 2.33. The highest BCUT2D eigenvalue weighted by molar-refractivity contribution is 5.76. The normalized spacial score (nSPS) is 35.4. The molecule has 0 spiro atoms. The lowest BCUT2D eigenvalue weighted by Crippen LogP contribution is -2.40. The zero-order chi connectivity index (χ0) is 15.4. The van der Waals surface area contributed by atoms with E-state index in [0.29, 0.717) is 30.0 Å². The van der Waals surface area contributed by atoms with Crippen molar-refractivity contribution in [3.05, 3.63) is 0 Å². The molecule has 0 aromatic rings. The van der Waals surface area contributed by atoms with Crippen LogP contribution in [0.5, 0.6) is 0 Å². The average Bonchev–Trinajstić information content (AvgIpc) is 2.73. The molecule has 1 amide bonds. The Morgan fingerprint density at radius 1 is 1.14 bits per heavy atom. The number of carbonyl (C=O) groups excluding carboxylic acids is 1. The molecule has 4 nitrogen and oxygen atoms in total. The van der Waals surface area contributed by atoms with Gasteiger partial charge in [-0.2, -0.15) is 0 Å². The van der Waals surface area contributed by atoms with Crippen LogP contribution in [0.25, 0.3) is 0 Å². The minimum atomic E-state index is 0.368. The van der Waals surface area contributed by atoms with Crippen molar-refractivity contribution in [2.24, 2.45) is 5.92 Å². The van der Waals surface area contributed by atoms with Gasteiger partial charge in [-0.3, -0.25) is 4.79 Å². The smallest absolute Gasteiger partial charge is 0.222 e. The molecule has 0 radical (unpaired) electrons. The van der Waals surface area contributed by atoms with Gasteiger partial charge >= 0.3 is 0 Å². The van der Waals surface area contributed by atoms with Crippen LogP contribution >= 0.6 is 0 Å². The molecule has 3 saturated heterocycles. The van der Waals surface area contributed by atoms with E-state index in [1.165, 1.54) is 25.7 Å². The van der Waals surface area contributed by atoms with Gasteiger partial charge < -0.3 is 15.0 Å². The van der Waals surface area contributed by atoms with Gasteiger partial charge in [-0.15, -0.1) is 0 Å². The van der Waals surface area contributed by atoms with E-state index in [9.17, 15) is 4.79 Å². The van der Waals surface area contributed by atoms with Crippen LogP contribution in [0, 0.1) is 5.92 Å². The molecule has 3 atom stereocenters. The fourth-order valence-electron chi connectivity index (χ4n) is 4.48. The lowest BCUT2D eigenvalue weighted by atomic mass is 9.89. The van der Waals surface area contributed by atoms with E-state index >= 15 is 0 Å². The number of piperidine rings is 1.